The lowest BCUT2D eigenvalue weighted by Gasteiger charge is -2.27. The maximum atomic E-state index is 12.5. The van der Waals surface area contributed by atoms with Gasteiger partial charge in [0.2, 0.25) is 5.88 Å². The van der Waals surface area contributed by atoms with Crippen LogP contribution in [0.1, 0.15) is 33.7 Å². The first-order valence-corrected chi connectivity index (χ1v) is 13.3. The zero-order valence-electron chi connectivity index (χ0n) is 23.5. The highest BCUT2D eigenvalue weighted by Gasteiger charge is 2.32. The molecule has 212 valence electrons. The van der Waals surface area contributed by atoms with Gasteiger partial charge in [-0.1, -0.05) is 54.1 Å². The lowest BCUT2D eigenvalue weighted by Crippen LogP contribution is -2.22. The predicted molar refractivity (Wildman–Crippen MR) is 157 cm³/mol. The summed E-state index contributed by atoms with van der Waals surface area (Å²) in [5.74, 6) is 1.16. The molecule has 0 saturated heterocycles. The van der Waals surface area contributed by atoms with Crippen molar-refractivity contribution in [1.82, 2.24) is 0 Å². The number of fused-ring (bicyclic) bond motifs is 1. The van der Waals surface area contributed by atoms with Crippen molar-refractivity contribution in [3.8, 4) is 34.8 Å². The Morgan fingerprint density at radius 2 is 1.71 bits per heavy atom. The number of nitrogens with zero attached hydrogens (tertiary/aromatic N) is 1. The number of hydrogen-bond acceptors (Lipinski definition) is 8. The Morgan fingerprint density at radius 1 is 0.905 bits per heavy atom. The van der Waals surface area contributed by atoms with Gasteiger partial charge in [0.15, 0.2) is 18.1 Å². The first-order valence-electron chi connectivity index (χ1n) is 13.3. The van der Waals surface area contributed by atoms with Crippen molar-refractivity contribution in [2.24, 2.45) is 5.73 Å². The van der Waals surface area contributed by atoms with Gasteiger partial charge in [0, 0.05) is 11.6 Å². The maximum Gasteiger partial charge on any atom is 0.349 e. The van der Waals surface area contributed by atoms with Crippen LogP contribution < -0.4 is 29.4 Å². The number of carbonyl (C=O) groups excluding carboxylic acids is 1. The predicted octanol–water partition coefficient (Wildman–Crippen LogP) is 6.09. The topological polar surface area (TPSA) is 113 Å². The lowest BCUT2D eigenvalue weighted by atomic mass is 9.83. The summed E-state index contributed by atoms with van der Waals surface area (Å²) >= 11 is 0. The number of nitrogens with two attached hydrogens (primary N) is 1. The molecule has 42 heavy (non-hydrogen) atoms. The fourth-order valence-corrected chi connectivity index (χ4v) is 4.68. The fraction of sp³-hybridized carbons (Fsp3) is 0.176. The molecule has 0 bridgehead atoms. The van der Waals surface area contributed by atoms with E-state index in [1.165, 1.54) is 5.56 Å². The molecule has 8 heteroatoms. The molecule has 2 N–H and O–H groups in total. The van der Waals surface area contributed by atoms with Crippen LogP contribution in [0, 0.1) is 25.2 Å². The lowest BCUT2D eigenvalue weighted by molar-refractivity contribution is -0.136. The molecule has 1 heterocycles. The summed E-state index contributed by atoms with van der Waals surface area (Å²) in [5.41, 5.74) is 11.1. The van der Waals surface area contributed by atoms with Crippen LogP contribution in [-0.2, 0) is 11.4 Å². The summed E-state index contributed by atoms with van der Waals surface area (Å²) in [5, 5.41) is 9.97. The molecule has 4 aromatic carbocycles. The van der Waals surface area contributed by atoms with E-state index in [0.29, 0.717) is 35.2 Å². The number of benzene rings is 4. The highest BCUT2D eigenvalue weighted by atomic mass is 16.6. The van der Waals surface area contributed by atoms with Crippen LogP contribution in [-0.4, -0.2) is 19.7 Å². The molecule has 0 amide bonds. The van der Waals surface area contributed by atoms with Crippen molar-refractivity contribution in [1.29, 1.82) is 5.26 Å². The Morgan fingerprint density at radius 3 is 2.45 bits per heavy atom. The summed E-state index contributed by atoms with van der Waals surface area (Å²) in [7, 11) is 1.56. The van der Waals surface area contributed by atoms with Crippen LogP contribution in [0.25, 0.3) is 0 Å². The van der Waals surface area contributed by atoms with Gasteiger partial charge in [-0.3, -0.25) is 0 Å². The Bertz CT molecular complexity index is 1690. The monoisotopic (exact) mass is 562 g/mol. The van der Waals surface area contributed by atoms with Crippen LogP contribution in [0.3, 0.4) is 0 Å². The summed E-state index contributed by atoms with van der Waals surface area (Å²) in [6.07, 6.45) is 0. The Kier molecular flexibility index (Phi) is 8.30. The number of esters is 1. The second-order valence-electron chi connectivity index (χ2n) is 9.89. The summed E-state index contributed by atoms with van der Waals surface area (Å²) in [4.78, 5) is 12.5. The Balaban J connectivity index is 1.35. The molecule has 1 aliphatic heterocycles. The largest absolute Gasteiger partial charge is 0.493 e. The normalized spacial score (nSPS) is 13.8. The number of aryl methyl sites for hydroxylation is 2. The quantitative estimate of drug-likeness (QED) is 0.193. The van der Waals surface area contributed by atoms with Crippen molar-refractivity contribution in [3.05, 3.63) is 124 Å². The van der Waals surface area contributed by atoms with Crippen LogP contribution in [0.5, 0.6) is 28.7 Å². The van der Waals surface area contributed by atoms with Crippen LogP contribution >= 0.6 is 0 Å². The molecule has 1 aliphatic rings. The van der Waals surface area contributed by atoms with Crippen LogP contribution in [0.15, 0.2) is 96.4 Å². The molecule has 0 radical (unpaired) electrons. The van der Waals surface area contributed by atoms with Crippen molar-refractivity contribution < 1.29 is 28.5 Å². The first-order chi connectivity index (χ1) is 20.3. The summed E-state index contributed by atoms with van der Waals surface area (Å²) in [6, 6.07) is 28.2. The average Bonchev–Trinajstić information content (AvgIpc) is 2.99. The molecule has 0 fully saturated rings. The number of methoxy groups -OCH3 is 1. The zero-order valence-corrected chi connectivity index (χ0v) is 23.5. The second kappa shape index (κ2) is 12.4. The van der Waals surface area contributed by atoms with Gasteiger partial charge in [-0.05, 0) is 60.9 Å². The van der Waals surface area contributed by atoms with Crippen molar-refractivity contribution in [2.75, 3.05) is 13.7 Å². The van der Waals surface area contributed by atoms with E-state index < -0.39 is 11.9 Å². The maximum absolute atomic E-state index is 12.5. The van der Waals surface area contributed by atoms with Gasteiger partial charge >= 0.3 is 5.97 Å². The standard InChI is InChI=1S/C34H30N2O6/c1-21-7-9-23(10-8-21)19-40-29-14-11-24(16-31(29)38-3)33-27-13-12-26(17-30(27)42-34(36)28(33)18-35)41-32(37)20-39-25-6-4-5-22(2)15-25/h4-17,33H,19-20,36H2,1-3H3. The van der Waals surface area contributed by atoms with Crippen LogP contribution in [0.4, 0.5) is 0 Å². The number of rotatable bonds is 9. The molecule has 5 rings (SSSR count). The highest BCUT2D eigenvalue weighted by Crippen LogP contribution is 2.45. The molecule has 8 nitrogen and oxygen atoms in total. The first kappa shape index (κ1) is 28.1. The molecule has 0 aliphatic carbocycles. The van der Waals surface area contributed by atoms with E-state index in [0.717, 1.165) is 16.7 Å². The van der Waals surface area contributed by atoms with Crippen LogP contribution in [0.2, 0.25) is 0 Å². The van der Waals surface area contributed by atoms with E-state index in [-0.39, 0.29) is 23.8 Å². The van der Waals surface area contributed by atoms with E-state index in [4.69, 9.17) is 29.4 Å². The number of ether oxygens (including phenoxy) is 5. The SMILES string of the molecule is COc1cc(C2C(C#N)=C(N)Oc3cc(OC(=O)COc4cccc(C)c4)ccc32)ccc1OCc1ccc(C)cc1. The number of nitriles is 1. The van der Waals surface area contributed by atoms with Gasteiger partial charge in [0.05, 0.1) is 13.0 Å². The number of hydrogen-bond donors (Lipinski definition) is 1. The minimum absolute atomic E-state index is 0.0279. The van der Waals surface area contributed by atoms with E-state index in [9.17, 15) is 10.1 Å². The summed E-state index contributed by atoms with van der Waals surface area (Å²) in [6.45, 7) is 4.09. The third-order valence-electron chi connectivity index (χ3n) is 6.80. The smallest absolute Gasteiger partial charge is 0.349 e. The molecule has 0 saturated carbocycles. The molecular formula is C34H30N2O6. The Hall–Kier alpha value is -5.42. The number of allylic oxidation sites excluding steroid dienone is 1. The van der Waals surface area contributed by atoms with Gasteiger partial charge in [0.1, 0.15) is 35.5 Å². The van der Waals surface area contributed by atoms with Crippen molar-refractivity contribution in [3.63, 3.8) is 0 Å². The Labute approximate surface area is 244 Å². The van der Waals surface area contributed by atoms with E-state index >= 15 is 0 Å². The molecule has 1 unspecified atom stereocenters. The van der Waals surface area contributed by atoms with E-state index in [2.05, 4.69) is 6.07 Å². The van der Waals surface area contributed by atoms with Gasteiger partial charge < -0.3 is 29.4 Å². The van der Waals surface area contributed by atoms with Gasteiger partial charge in [-0.15, -0.1) is 0 Å². The summed E-state index contributed by atoms with van der Waals surface area (Å²) < 4.78 is 28.5. The van der Waals surface area contributed by atoms with Gasteiger partial charge in [0.25, 0.3) is 0 Å². The molecule has 4 aromatic rings. The van der Waals surface area contributed by atoms with Gasteiger partial charge in [-0.25, -0.2) is 4.79 Å². The fourth-order valence-electron chi connectivity index (χ4n) is 4.68. The minimum atomic E-state index is -0.573. The minimum Gasteiger partial charge on any atom is -0.493 e. The molecule has 0 spiro atoms. The average molecular weight is 563 g/mol. The third kappa shape index (κ3) is 6.31. The molecular weight excluding hydrogens is 532 g/mol. The molecule has 1 atom stereocenters. The highest BCUT2D eigenvalue weighted by molar-refractivity contribution is 5.74. The second-order valence-corrected chi connectivity index (χ2v) is 9.89. The molecule has 0 aromatic heterocycles. The van der Waals surface area contributed by atoms with Crippen molar-refractivity contribution in [2.45, 2.75) is 26.4 Å². The zero-order chi connectivity index (χ0) is 29.6. The van der Waals surface area contributed by atoms with Gasteiger partial charge in [-0.2, -0.15) is 5.26 Å². The third-order valence-corrected chi connectivity index (χ3v) is 6.80. The van der Waals surface area contributed by atoms with Crippen molar-refractivity contribution >= 4 is 5.97 Å². The van der Waals surface area contributed by atoms with E-state index in [1.54, 1.807) is 31.4 Å². The number of carbonyl (C=O) groups is 1. The van der Waals surface area contributed by atoms with E-state index in [1.807, 2.05) is 74.5 Å².